The molecule has 1 unspecified atom stereocenters. The van der Waals surface area contributed by atoms with Crippen molar-refractivity contribution in [3.05, 3.63) is 69.8 Å². The summed E-state index contributed by atoms with van der Waals surface area (Å²) in [6.07, 6.45) is 0. The van der Waals surface area contributed by atoms with Crippen LogP contribution in [0.15, 0.2) is 42.5 Å². The predicted octanol–water partition coefficient (Wildman–Crippen LogP) is 4.97. The lowest BCUT2D eigenvalue weighted by molar-refractivity contribution is 0.630. The third-order valence-electron chi connectivity index (χ3n) is 3.81. The molecular weight excluding hydrogens is 281 g/mol. The summed E-state index contributed by atoms with van der Waals surface area (Å²) in [6, 6.07) is 13.7. The lowest BCUT2D eigenvalue weighted by atomic mass is 9.98. The first-order valence-corrected chi connectivity index (χ1v) is 7.83. The smallest absolute Gasteiger partial charge is 0.123 e. The van der Waals surface area contributed by atoms with Crippen LogP contribution >= 0.6 is 11.3 Å². The first-order valence-electron chi connectivity index (χ1n) is 7.02. The van der Waals surface area contributed by atoms with E-state index in [1.54, 1.807) is 17.4 Å². The van der Waals surface area contributed by atoms with E-state index in [-0.39, 0.29) is 11.9 Å². The Hall–Kier alpha value is -1.71. The van der Waals surface area contributed by atoms with Crippen LogP contribution in [-0.2, 0) is 0 Å². The minimum atomic E-state index is -0.181. The molecular formula is C18H18FNS. The van der Waals surface area contributed by atoms with Gasteiger partial charge >= 0.3 is 0 Å². The largest absolute Gasteiger partial charge is 0.309 e. The van der Waals surface area contributed by atoms with Crippen molar-refractivity contribution in [1.29, 1.82) is 0 Å². The van der Waals surface area contributed by atoms with Crippen LogP contribution < -0.4 is 5.32 Å². The maximum atomic E-state index is 13.3. The van der Waals surface area contributed by atoms with E-state index in [9.17, 15) is 4.39 Å². The van der Waals surface area contributed by atoms with E-state index in [0.717, 1.165) is 10.1 Å². The molecule has 108 valence electrons. The zero-order valence-corrected chi connectivity index (χ0v) is 13.2. The Bertz CT molecular complexity index is 791. The van der Waals surface area contributed by atoms with Crippen molar-refractivity contribution >= 4 is 21.4 Å². The van der Waals surface area contributed by atoms with Crippen molar-refractivity contribution in [3.63, 3.8) is 0 Å². The normalized spacial score (nSPS) is 12.8. The SMILES string of the molecule is CNC(c1cc2cc(F)ccc2s1)c1ccc(C)cc1C. The van der Waals surface area contributed by atoms with E-state index in [4.69, 9.17) is 0 Å². The molecule has 3 aromatic rings. The molecule has 0 saturated carbocycles. The van der Waals surface area contributed by atoms with Gasteiger partial charge in [0.1, 0.15) is 5.82 Å². The van der Waals surface area contributed by atoms with E-state index >= 15 is 0 Å². The summed E-state index contributed by atoms with van der Waals surface area (Å²) in [6.45, 7) is 4.24. The molecule has 0 fully saturated rings. The Kier molecular flexibility index (Phi) is 3.79. The first-order chi connectivity index (χ1) is 10.1. The van der Waals surface area contributed by atoms with Gasteiger partial charge in [0.15, 0.2) is 0 Å². The third kappa shape index (κ3) is 2.71. The fourth-order valence-corrected chi connectivity index (χ4v) is 3.95. The van der Waals surface area contributed by atoms with Gasteiger partial charge in [-0.2, -0.15) is 0 Å². The Morgan fingerprint density at radius 2 is 1.86 bits per heavy atom. The summed E-state index contributed by atoms with van der Waals surface area (Å²) in [5, 5.41) is 4.36. The van der Waals surface area contributed by atoms with Crippen molar-refractivity contribution in [2.75, 3.05) is 7.05 Å². The molecule has 0 radical (unpaired) electrons. The lowest BCUT2D eigenvalue weighted by Gasteiger charge is -2.18. The topological polar surface area (TPSA) is 12.0 Å². The minimum absolute atomic E-state index is 0.145. The van der Waals surface area contributed by atoms with Crippen LogP contribution in [0.5, 0.6) is 0 Å². The summed E-state index contributed by atoms with van der Waals surface area (Å²) in [5.41, 5.74) is 3.82. The van der Waals surface area contributed by atoms with Crippen molar-refractivity contribution in [1.82, 2.24) is 5.32 Å². The van der Waals surface area contributed by atoms with E-state index in [1.165, 1.54) is 27.6 Å². The molecule has 3 heteroatoms. The molecule has 3 rings (SSSR count). The maximum Gasteiger partial charge on any atom is 0.123 e. The van der Waals surface area contributed by atoms with E-state index < -0.39 is 0 Å². The summed E-state index contributed by atoms with van der Waals surface area (Å²) in [4.78, 5) is 1.21. The number of halogens is 1. The number of benzene rings is 2. The Morgan fingerprint density at radius 3 is 2.57 bits per heavy atom. The molecule has 0 bridgehead atoms. The fourth-order valence-electron chi connectivity index (χ4n) is 2.78. The number of hydrogen-bond donors (Lipinski definition) is 1. The monoisotopic (exact) mass is 299 g/mol. The summed E-state index contributed by atoms with van der Waals surface area (Å²) < 4.78 is 14.5. The highest BCUT2D eigenvalue weighted by Crippen LogP contribution is 2.34. The summed E-state index contributed by atoms with van der Waals surface area (Å²) >= 11 is 1.72. The van der Waals surface area contributed by atoms with Gasteiger partial charge in [-0.15, -0.1) is 11.3 Å². The number of nitrogens with one attached hydrogen (secondary N) is 1. The third-order valence-corrected chi connectivity index (χ3v) is 4.99. The van der Waals surface area contributed by atoms with Gasteiger partial charge in [-0.05, 0) is 61.7 Å². The molecule has 1 heterocycles. The van der Waals surface area contributed by atoms with Crippen molar-refractivity contribution < 1.29 is 4.39 Å². The van der Waals surface area contributed by atoms with Crippen LogP contribution in [0.1, 0.15) is 27.6 Å². The van der Waals surface area contributed by atoms with E-state index in [2.05, 4.69) is 43.4 Å². The molecule has 0 saturated heterocycles. The first kappa shape index (κ1) is 14.2. The van der Waals surface area contributed by atoms with Crippen molar-refractivity contribution in [2.24, 2.45) is 0 Å². The zero-order valence-electron chi connectivity index (χ0n) is 12.4. The molecule has 1 aromatic heterocycles. The van der Waals surface area contributed by atoms with Gasteiger partial charge in [0.05, 0.1) is 6.04 Å². The average molecular weight is 299 g/mol. The predicted molar refractivity (Wildman–Crippen MR) is 88.6 cm³/mol. The number of rotatable bonds is 3. The summed E-state index contributed by atoms with van der Waals surface area (Å²) in [5.74, 6) is -0.181. The molecule has 2 aromatic carbocycles. The molecule has 1 atom stereocenters. The van der Waals surface area contributed by atoms with Crippen LogP contribution in [0.4, 0.5) is 4.39 Å². The van der Waals surface area contributed by atoms with Gasteiger partial charge in [-0.25, -0.2) is 4.39 Å². The Labute approximate surface area is 128 Å². The standard InChI is InChI=1S/C18H18FNS/c1-11-4-6-15(12(2)8-11)18(20-3)17-10-13-9-14(19)5-7-16(13)21-17/h4-10,18,20H,1-3H3. The van der Waals surface area contributed by atoms with Crippen LogP contribution in [0, 0.1) is 19.7 Å². The molecule has 0 amide bonds. The van der Waals surface area contributed by atoms with Crippen LogP contribution in [-0.4, -0.2) is 7.05 Å². The molecule has 1 nitrogen and oxygen atoms in total. The maximum absolute atomic E-state index is 13.3. The minimum Gasteiger partial charge on any atom is -0.309 e. The highest BCUT2D eigenvalue weighted by molar-refractivity contribution is 7.19. The molecule has 0 spiro atoms. The van der Waals surface area contributed by atoms with E-state index in [0.29, 0.717) is 0 Å². The highest BCUT2D eigenvalue weighted by atomic mass is 32.1. The second kappa shape index (κ2) is 5.58. The Balaban J connectivity index is 2.09. The van der Waals surface area contributed by atoms with Gasteiger partial charge in [0.2, 0.25) is 0 Å². The molecule has 0 aliphatic heterocycles. The zero-order chi connectivity index (χ0) is 15.0. The van der Waals surface area contributed by atoms with Gasteiger partial charge in [0, 0.05) is 9.58 Å². The number of thiophene rings is 1. The molecule has 0 aliphatic rings. The van der Waals surface area contributed by atoms with Crippen molar-refractivity contribution in [3.8, 4) is 0 Å². The van der Waals surface area contributed by atoms with Gasteiger partial charge < -0.3 is 5.32 Å². The van der Waals surface area contributed by atoms with Gasteiger partial charge in [0.25, 0.3) is 0 Å². The second-order valence-corrected chi connectivity index (χ2v) is 6.53. The Morgan fingerprint density at radius 1 is 1.05 bits per heavy atom. The molecule has 0 aliphatic carbocycles. The van der Waals surface area contributed by atoms with Crippen LogP contribution in [0.2, 0.25) is 0 Å². The highest BCUT2D eigenvalue weighted by Gasteiger charge is 2.17. The van der Waals surface area contributed by atoms with Crippen molar-refractivity contribution in [2.45, 2.75) is 19.9 Å². The lowest BCUT2D eigenvalue weighted by Crippen LogP contribution is -2.17. The molecule has 21 heavy (non-hydrogen) atoms. The van der Waals surface area contributed by atoms with E-state index in [1.807, 2.05) is 13.1 Å². The fraction of sp³-hybridized carbons (Fsp3) is 0.222. The number of hydrogen-bond acceptors (Lipinski definition) is 2. The van der Waals surface area contributed by atoms with Gasteiger partial charge in [-0.1, -0.05) is 23.8 Å². The summed E-state index contributed by atoms with van der Waals surface area (Å²) in [7, 11) is 1.97. The number of fused-ring (bicyclic) bond motifs is 1. The van der Waals surface area contributed by atoms with Gasteiger partial charge in [-0.3, -0.25) is 0 Å². The van der Waals surface area contributed by atoms with Crippen LogP contribution in [0.3, 0.4) is 0 Å². The molecule has 1 N–H and O–H groups in total. The number of aryl methyl sites for hydroxylation is 2. The van der Waals surface area contributed by atoms with Crippen LogP contribution in [0.25, 0.3) is 10.1 Å². The quantitative estimate of drug-likeness (QED) is 0.720. The average Bonchev–Trinajstić information content (AvgIpc) is 2.84. The second-order valence-electron chi connectivity index (χ2n) is 5.41.